The topological polar surface area (TPSA) is 45.0 Å². The minimum Gasteiger partial charge on any atom is -0.410 e. The van der Waals surface area contributed by atoms with Gasteiger partial charge in [-0.25, -0.2) is 0 Å². The molecule has 1 N–H and O–H groups in total. The van der Waals surface area contributed by atoms with Gasteiger partial charge in [0.1, 0.15) is 0 Å². The lowest BCUT2D eigenvalue weighted by molar-refractivity contribution is 0.321. The van der Waals surface area contributed by atoms with E-state index < -0.39 is 0 Å². The highest BCUT2D eigenvalue weighted by Gasteiger charge is 2.08. The van der Waals surface area contributed by atoms with E-state index in [0.717, 1.165) is 18.0 Å². The normalized spacial score (nSPS) is 24.1. The van der Waals surface area contributed by atoms with E-state index in [2.05, 4.69) is 10.1 Å². The van der Waals surface area contributed by atoms with Crippen LogP contribution in [0.5, 0.6) is 0 Å². The average molecular weight is 144 g/mol. The highest BCUT2D eigenvalue weighted by molar-refractivity contribution is 8.15. The van der Waals surface area contributed by atoms with Crippen LogP contribution in [0.4, 0.5) is 0 Å². The summed E-state index contributed by atoms with van der Waals surface area (Å²) < 4.78 is 0. The van der Waals surface area contributed by atoms with Gasteiger partial charge < -0.3 is 5.21 Å². The van der Waals surface area contributed by atoms with E-state index in [1.807, 2.05) is 6.92 Å². The third-order valence-corrected chi connectivity index (χ3v) is 2.12. The molecule has 0 aliphatic carbocycles. The van der Waals surface area contributed by atoms with Crippen LogP contribution in [0.2, 0.25) is 0 Å². The zero-order valence-electron chi connectivity index (χ0n) is 5.16. The Bertz CT molecular complexity index is 164. The molecule has 0 aromatic heterocycles. The predicted octanol–water partition coefficient (Wildman–Crippen LogP) is 0.982. The van der Waals surface area contributed by atoms with Crippen LogP contribution < -0.4 is 0 Å². The van der Waals surface area contributed by atoms with Crippen molar-refractivity contribution in [2.24, 2.45) is 10.1 Å². The molecule has 0 atom stereocenters. The summed E-state index contributed by atoms with van der Waals surface area (Å²) in [4.78, 5) is 4.09. The number of hydrogen-bond donors (Lipinski definition) is 1. The molecule has 0 amide bonds. The Morgan fingerprint density at radius 2 is 2.56 bits per heavy atom. The molecule has 0 bridgehead atoms. The molecule has 0 radical (unpaired) electrons. The molecule has 1 heterocycles. The van der Waals surface area contributed by atoms with Gasteiger partial charge in [0.15, 0.2) is 5.04 Å². The fourth-order valence-corrected chi connectivity index (χ4v) is 1.34. The number of nitrogens with zero attached hydrogens (tertiary/aromatic N) is 2. The van der Waals surface area contributed by atoms with E-state index in [1.54, 1.807) is 11.8 Å². The van der Waals surface area contributed by atoms with E-state index >= 15 is 0 Å². The monoisotopic (exact) mass is 144 g/mol. The Hall–Kier alpha value is -0.510. The Morgan fingerprint density at radius 1 is 1.78 bits per heavy atom. The number of rotatable bonds is 0. The SMILES string of the molecule is CC1=NCCSC1=NO. The van der Waals surface area contributed by atoms with Gasteiger partial charge in [0.05, 0.1) is 5.71 Å². The molecule has 50 valence electrons. The first-order chi connectivity index (χ1) is 4.34. The minimum absolute atomic E-state index is 0.654. The van der Waals surface area contributed by atoms with Crippen molar-refractivity contribution in [2.75, 3.05) is 12.3 Å². The molecule has 3 nitrogen and oxygen atoms in total. The summed E-state index contributed by atoms with van der Waals surface area (Å²) in [6.45, 7) is 2.69. The molecule has 0 saturated heterocycles. The fourth-order valence-electron chi connectivity index (χ4n) is 0.629. The van der Waals surface area contributed by atoms with Crippen LogP contribution in [-0.2, 0) is 0 Å². The van der Waals surface area contributed by atoms with Crippen molar-refractivity contribution in [1.29, 1.82) is 0 Å². The molecule has 0 fully saturated rings. The molecular weight excluding hydrogens is 136 g/mol. The standard InChI is InChI=1S/C5H8N2OS/c1-4-5(7-8)9-3-2-6-4/h8H,2-3H2,1H3. The molecule has 0 unspecified atom stereocenters. The summed E-state index contributed by atoms with van der Waals surface area (Å²) >= 11 is 1.54. The predicted molar refractivity (Wildman–Crippen MR) is 39.7 cm³/mol. The third-order valence-electron chi connectivity index (χ3n) is 1.08. The van der Waals surface area contributed by atoms with Gasteiger partial charge in [0.25, 0.3) is 0 Å². The molecule has 1 rings (SSSR count). The molecule has 1 aliphatic rings. The summed E-state index contributed by atoms with van der Waals surface area (Å²) in [7, 11) is 0. The van der Waals surface area contributed by atoms with E-state index in [9.17, 15) is 0 Å². The molecule has 1 aliphatic heterocycles. The maximum Gasteiger partial charge on any atom is 0.156 e. The largest absolute Gasteiger partial charge is 0.410 e. The number of hydrogen-bond acceptors (Lipinski definition) is 4. The number of aliphatic imine (C=N–C) groups is 1. The lowest BCUT2D eigenvalue weighted by Gasteiger charge is -2.07. The lowest BCUT2D eigenvalue weighted by atomic mass is 10.4. The van der Waals surface area contributed by atoms with Crippen LogP contribution in [0.1, 0.15) is 6.92 Å². The van der Waals surface area contributed by atoms with Crippen LogP contribution in [0.15, 0.2) is 10.1 Å². The summed E-state index contributed by atoms with van der Waals surface area (Å²) in [5.74, 6) is 0.927. The van der Waals surface area contributed by atoms with Crippen molar-refractivity contribution < 1.29 is 5.21 Å². The van der Waals surface area contributed by atoms with Gasteiger partial charge >= 0.3 is 0 Å². The van der Waals surface area contributed by atoms with Gasteiger partial charge in [0, 0.05) is 12.3 Å². The van der Waals surface area contributed by atoms with Crippen molar-refractivity contribution in [1.82, 2.24) is 0 Å². The van der Waals surface area contributed by atoms with Crippen LogP contribution in [0.25, 0.3) is 0 Å². The fraction of sp³-hybridized carbons (Fsp3) is 0.600. The van der Waals surface area contributed by atoms with E-state index in [0.29, 0.717) is 5.04 Å². The second-order valence-electron chi connectivity index (χ2n) is 1.72. The zero-order chi connectivity index (χ0) is 6.69. The summed E-state index contributed by atoms with van der Waals surface area (Å²) in [6.07, 6.45) is 0. The first kappa shape index (κ1) is 6.61. The highest BCUT2D eigenvalue weighted by atomic mass is 32.2. The molecule has 0 saturated carbocycles. The Balaban J connectivity index is 2.73. The van der Waals surface area contributed by atoms with Crippen molar-refractivity contribution in [2.45, 2.75) is 6.92 Å². The molecular formula is C5H8N2OS. The van der Waals surface area contributed by atoms with Gasteiger partial charge in [-0.3, -0.25) is 4.99 Å². The van der Waals surface area contributed by atoms with E-state index in [1.165, 1.54) is 0 Å². The van der Waals surface area contributed by atoms with Crippen LogP contribution in [0.3, 0.4) is 0 Å². The van der Waals surface area contributed by atoms with E-state index in [-0.39, 0.29) is 0 Å². The Kier molecular flexibility index (Phi) is 2.10. The quantitative estimate of drug-likeness (QED) is 0.407. The highest BCUT2D eigenvalue weighted by Crippen LogP contribution is 2.10. The summed E-state index contributed by atoms with van der Waals surface area (Å²) in [6, 6.07) is 0. The van der Waals surface area contributed by atoms with Crippen molar-refractivity contribution in [3.8, 4) is 0 Å². The maximum atomic E-state index is 8.35. The first-order valence-corrected chi connectivity index (χ1v) is 3.69. The minimum atomic E-state index is 0.654. The van der Waals surface area contributed by atoms with Crippen LogP contribution >= 0.6 is 11.8 Å². The van der Waals surface area contributed by atoms with Crippen molar-refractivity contribution >= 4 is 22.5 Å². The lowest BCUT2D eigenvalue weighted by Crippen LogP contribution is -2.13. The number of thioether (sulfide) groups is 1. The van der Waals surface area contributed by atoms with Gasteiger partial charge in [-0.05, 0) is 6.92 Å². The van der Waals surface area contributed by atoms with E-state index in [4.69, 9.17) is 5.21 Å². The molecule has 4 heteroatoms. The van der Waals surface area contributed by atoms with Gasteiger partial charge in [-0.15, -0.1) is 0 Å². The molecule has 0 aromatic carbocycles. The van der Waals surface area contributed by atoms with Crippen molar-refractivity contribution in [3.05, 3.63) is 0 Å². The Labute approximate surface area is 57.9 Å². The first-order valence-electron chi connectivity index (χ1n) is 2.71. The second-order valence-corrected chi connectivity index (χ2v) is 2.80. The van der Waals surface area contributed by atoms with Gasteiger partial charge in [0.2, 0.25) is 0 Å². The molecule has 9 heavy (non-hydrogen) atoms. The van der Waals surface area contributed by atoms with Crippen LogP contribution in [-0.4, -0.2) is 28.3 Å². The summed E-state index contributed by atoms with van der Waals surface area (Å²) in [5.41, 5.74) is 0.841. The average Bonchev–Trinajstić information content (AvgIpc) is 1.89. The number of oxime groups is 1. The maximum absolute atomic E-state index is 8.35. The smallest absolute Gasteiger partial charge is 0.156 e. The van der Waals surface area contributed by atoms with Gasteiger partial charge in [-0.1, -0.05) is 16.9 Å². The second kappa shape index (κ2) is 2.87. The van der Waals surface area contributed by atoms with Crippen LogP contribution in [0, 0.1) is 0 Å². The molecule has 0 spiro atoms. The third kappa shape index (κ3) is 1.45. The summed E-state index contributed by atoms with van der Waals surface area (Å²) in [5, 5.41) is 12.1. The Morgan fingerprint density at radius 3 is 3.00 bits per heavy atom. The van der Waals surface area contributed by atoms with Gasteiger partial charge in [-0.2, -0.15) is 0 Å². The zero-order valence-corrected chi connectivity index (χ0v) is 5.98. The van der Waals surface area contributed by atoms with Crippen molar-refractivity contribution in [3.63, 3.8) is 0 Å². The molecule has 0 aromatic rings.